The number of carbonyl (C=O) groups is 1. The van der Waals surface area contributed by atoms with Crippen LogP contribution >= 0.6 is 0 Å². The Bertz CT molecular complexity index is 640. The molecule has 1 fully saturated rings. The maximum absolute atomic E-state index is 10.7. The number of aldehydes is 1. The summed E-state index contributed by atoms with van der Waals surface area (Å²) in [7, 11) is 1.69. The van der Waals surface area contributed by atoms with Gasteiger partial charge in [0.1, 0.15) is 12.0 Å². The number of carbonyl (C=O) groups excluding carboxylic acids is 1. The van der Waals surface area contributed by atoms with Crippen LogP contribution in [0.3, 0.4) is 0 Å². The number of aromatic amines is 1. The molecule has 4 nitrogen and oxygen atoms in total. The van der Waals surface area contributed by atoms with Crippen LogP contribution in [0.1, 0.15) is 47.5 Å². The molecule has 22 heavy (non-hydrogen) atoms. The van der Waals surface area contributed by atoms with E-state index in [2.05, 4.69) is 4.98 Å². The number of ether oxygens (including phenoxy) is 1. The van der Waals surface area contributed by atoms with Crippen molar-refractivity contribution in [3.05, 3.63) is 64.1 Å². The molecule has 1 saturated carbocycles. The third-order valence-electron chi connectivity index (χ3n) is 3.87. The number of H-pyrrole nitrogens is 1. The number of nitrogens with one attached hydrogen (secondary N) is 1. The molecule has 0 saturated heterocycles. The van der Waals surface area contributed by atoms with Crippen LogP contribution in [0.2, 0.25) is 0 Å². The molecule has 1 aliphatic carbocycles. The van der Waals surface area contributed by atoms with Crippen molar-refractivity contribution in [3.8, 4) is 5.75 Å². The van der Waals surface area contributed by atoms with Crippen LogP contribution in [0.4, 0.5) is 0 Å². The van der Waals surface area contributed by atoms with Crippen LogP contribution in [0.5, 0.6) is 5.75 Å². The molecular formula is C18H21NO3. The minimum absolute atomic E-state index is 0.0532. The van der Waals surface area contributed by atoms with E-state index in [-0.39, 0.29) is 5.56 Å². The second kappa shape index (κ2) is 8.17. The summed E-state index contributed by atoms with van der Waals surface area (Å²) < 4.78 is 5.34. The van der Waals surface area contributed by atoms with E-state index in [4.69, 9.17) is 4.74 Å². The molecule has 0 atom stereocenters. The van der Waals surface area contributed by atoms with Gasteiger partial charge in [-0.1, -0.05) is 18.9 Å². The Morgan fingerprint density at radius 3 is 2.45 bits per heavy atom. The molecule has 0 amide bonds. The number of aromatic nitrogens is 1. The lowest BCUT2D eigenvalue weighted by Gasteiger charge is -2.14. The SMILES string of the molecule is COc1ccc(C=O)cc1C1CCCC1.O=c1cccc[nH]1. The van der Waals surface area contributed by atoms with E-state index < -0.39 is 0 Å². The van der Waals surface area contributed by atoms with E-state index >= 15 is 0 Å². The number of hydrogen-bond acceptors (Lipinski definition) is 3. The molecule has 1 aromatic heterocycles. The van der Waals surface area contributed by atoms with Gasteiger partial charge in [-0.25, -0.2) is 0 Å². The van der Waals surface area contributed by atoms with Crippen LogP contribution in [0, 0.1) is 0 Å². The molecule has 116 valence electrons. The molecule has 0 spiro atoms. The minimum atomic E-state index is -0.0532. The standard InChI is InChI=1S/C13H16O2.C5H5NO/c1-15-13-7-6-10(9-14)8-12(13)11-4-2-3-5-11;7-5-3-1-2-4-6-5/h6-9,11H,2-5H2,1H3;1-4H,(H,6,7). The molecule has 1 heterocycles. The molecule has 1 N–H and O–H groups in total. The number of benzene rings is 1. The molecule has 0 bridgehead atoms. The molecule has 0 radical (unpaired) electrons. The fourth-order valence-electron chi connectivity index (χ4n) is 2.76. The first kappa shape index (κ1) is 16.0. The highest BCUT2D eigenvalue weighted by molar-refractivity contribution is 5.75. The normalized spacial score (nSPS) is 14.0. The fraction of sp³-hybridized carbons (Fsp3) is 0.333. The van der Waals surface area contributed by atoms with Crippen molar-refractivity contribution in [1.82, 2.24) is 4.98 Å². The maximum atomic E-state index is 10.7. The summed E-state index contributed by atoms with van der Waals surface area (Å²) in [6.45, 7) is 0. The van der Waals surface area contributed by atoms with Gasteiger partial charge in [0, 0.05) is 17.8 Å². The third kappa shape index (κ3) is 4.32. The monoisotopic (exact) mass is 299 g/mol. The smallest absolute Gasteiger partial charge is 0.247 e. The topological polar surface area (TPSA) is 59.2 Å². The van der Waals surface area contributed by atoms with E-state index in [0.29, 0.717) is 5.92 Å². The largest absolute Gasteiger partial charge is 0.496 e. The van der Waals surface area contributed by atoms with Crippen molar-refractivity contribution in [3.63, 3.8) is 0 Å². The lowest BCUT2D eigenvalue weighted by Crippen LogP contribution is -1.98. The molecule has 1 aromatic carbocycles. The first-order valence-corrected chi connectivity index (χ1v) is 7.51. The first-order chi connectivity index (χ1) is 10.7. The molecule has 0 unspecified atom stereocenters. The highest BCUT2D eigenvalue weighted by Crippen LogP contribution is 2.38. The Hall–Kier alpha value is -2.36. The quantitative estimate of drug-likeness (QED) is 0.882. The van der Waals surface area contributed by atoms with Gasteiger partial charge in [-0.05, 0) is 48.6 Å². The Morgan fingerprint density at radius 2 is 1.95 bits per heavy atom. The number of methoxy groups -OCH3 is 1. The highest BCUT2D eigenvalue weighted by Gasteiger charge is 2.20. The molecule has 1 aliphatic rings. The molecule has 2 aromatic rings. The van der Waals surface area contributed by atoms with Crippen LogP contribution < -0.4 is 10.3 Å². The van der Waals surface area contributed by atoms with Gasteiger partial charge >= 0.3 is 0 Å². The van der Waals surface area contributed by atoms with Gasteiger partial charge in [0.05, 0.1) is 7.11 Å². The van der Waals surface area contributed by atoms with Crippen molar-refractivity contribution in [1.29, 1.82) is 0 Å². The zero-order valence-corrected chi connectivity index (χ0v) is 12.7. The lowest BCUT2D eigenvalue weighted by molar-refractivity contribution is 0.112. The van der Waals surface area contributed by atoms with Gasteiger partial charge in [0.2, 0.25) is 5.56 Å². The van der Waals surface area contributed by atoms with E-state index in [0.717, 1.165) is 17.6 Å². The first-order valence-electron chi connectivity index (χ1n) is 7.51. The van der Waals surface area contributed by atoms with Gasteiger partial charge in [0.25, 0.3) is 0 Å². The molecular weight excluding hydrogens is 278 g/mol. The number of pyridine rings is 1. The van der Waals surface area contributed by atoms with Crippen molar-refractivity contribution in [2.24, 2.45) is 0 Å². The molecule has 3 rings (SSSR count). The summed E-state index contributed by atoms with van der Waals surface area (Å²) in [6.07, 6.45) is 7.52. The number of hydrogen-bond donors (Lipinski definition) is 1. The maximum Gasteiger partial charge on any atom is 0.247 e. The zero-order chi connectivity index (χ0) is 15.8. The van der Waals surface area contributed by atoms with Crippen LogP contribution in [0.15, 0.2) is 47.4 Å². The molecule has 4 heteroatoms. The highest BCUT2D eigenvalue weighted by atomic mass is 16.5. The third-order valence-corrected chi connectivity index (χ3v) is 3.87. The summed E-state index contributed by atoms with van der Waals surface area (Å²) in [5.41, 5.74) is 1.90. The Labute approximate surface area is 130 Å². The van der Waals surface area contributed by atoms with Gasteiger partial charge in [-0.3, -0.25) is 9.59 Å². The van der Waals surface area contributed by atoms with Crippen LogP contribution in [-0.4, -0.2) is 18.4 Å². The average molecular weight is 299 g/mol. The van der Waals surface area contributed by atoms with Crippen LogP contribution in [0.25, 0.3) is 0 Å². The van der Waals surface area contributed by atoms with Gasteiger partial charge < -0.3 is 9.72 Å². The predicted octanol–water partition coefficient (Wildman–Crippen LogP) is 3.54. The lowest BCUT2D eigenvalue weighted by atomic mass is 9.95. The Balaban J connectivity index is 0.000000211. The van der Waals surface area contributed by atoms with E-state index in [1.54, 1.807) is 25.4 Å². The summed E-state index contributed by atoms with van der Waals surface area (Å²) in [5, 5.41) is 0. The Kier molecular flexibility index (Phi) is 5.95. The number of rotatable bonds is 3. The summed E-state index contributed by atoms with van der Waals surface area (Å²) in [6, 6.07) is 10.6. The zero-order valence-electron chi connectivity index (χ0n) is 12.7. The molecule has 0 aliphatic heterocycles. The average Bonchev–Trinajstić information content (AvgIpc) is 3.10. The fourth-order valence-corrected chi connectivity index (χ4v) is 2.76. The van der Waals surface area contributed by atoms with Gasteiger partial charge in [0.15, 0.2) is 0 Å². The van der Waals surface area contributed by atoms with Gasteiger partial charge in [-0.15, -0.1) is 0 Å². The summed E-state index contributed by atoms with van der Waals surface area (Å²) >= 11 is 0. The van der Waals surface area contributed by atoms with Crippen LogP contribution in [-0.2, 0) is 0 Å². The summed E-state index contributed by atoms with van der Waals surface area (Å²) in [5.74, 6) is 1.51. The van der Waals surface area contributed by atoms with E-state index in [1.165, 1.54) is 37.3 Å². The predicted molar refractivity (Wildman–Crippen MR) is 86.7 cm³/mol. The van der Waals surface area contributed by atoms with Crippen molar-refractivity contribution in [2.45, 2.75) is 31.6 Å². The van der Waals surface area contributed by atoms with Gasteiger partial charge in [-0.2, -0.15) is 0 Å². The second-order valence-electron chi connectivity index (χ2n) is 5.33. The van der Waals surface area contributed by atoms with Crippen molar-refractivity contribution in [2.75, 3.05) is 7.11 Å². The second-order valence-corrected chi connectivity index (χ2v) is 5.33. The van der Waals surface area contributed by atoms with Crippen molar-refractivity contribution >= 4 is 6.29 Å². The minimum Gasteiger partial charge on any atom is -0.496 e. The van der Waals surface area contributed by atoms with E-state index in [1.807, 2.05) is 18.2 Å². The Morgan fingerprint density at radius 1 is 1.18 bits per heavy atom. The van der Waals surface area contributed by atoms with Crippen molar-refractivity contribution < 1.29 is 9.53 Å². The van der Waals surface area contributed by atoms with E-state index in [9.17, 15) is 9.59 Å². The summed E-state index contributed by atoms with van der Waals surface area (Å²) in [4.78, 5) is 23.4.